The molecule has 0 spiro atoms. The fraction of sp³-hybridized carbons (Fsp3) is 0.800. The molecule has 15 heavy (non-hydrogen) atoms. The first-order chi connectivity index (χ1) is 6.97. The highest BCUT2D eigenvalue weighted by Gasteiger charge is 2.07. The average molecular weight is 245 g/mol. The standard InChI is InChI=1S/C10H19N3S2/c1-8-12-9(15-13-8)14-7-5-6-11-10(2,3)4/h11H,5-7H2,1-4H3. The fourth-order valence-corrected chi connectivity index (χ4v) is 2.69. The van der Waals surface area contributed by atoms with Crippen LogP contribution in [0.4, 0.5) is 0 Å². The Morgan fingerprint density at radius 1 is 1.40 bits per heavy atom. The fourth-order valence-electron chi connectivity index (χ4n) is 1.03. The molecule has 1 aromatic rings. The summed E-state index contributed by atoms with van der Waals surface area (Å²) in [4.78, 5) is 4.31. The van der Waals surface area contributed by atoms with E-state index in [1.807, 2.05) is 6.92 Å². The monoisotopic (exact) mass is 245 g/mol. The molecule has 0 bridgehead atoms. The molecule has 1 rings (SSSR count). The number of aryl methyl sites for hydroxylation is 1. The van der Waals surface area contributed by atoms with Crippen LogP contribution in [0.3, 0.4) is 0 Å². The Labute approximate surface area is 100 Å². The van der Waals surface area contributed by atoms with Crippen molar-refractivity contribution in [3.63, 3.8) is 0 Å². The number of thioether (sulfide) groups is 1. The van der Waals surface area contributed by atoms with Gasteiger partial charge in [-0.15, -0.1) is 0 Å². The summed E-state index contributed by atoms with van der Waals surface area (Å²) in [5, 5.41) is 3.47. The molecular formula is C10H19N3S2. The predicted octanol–water partition coefficient (Wildman–Crippen LogP) is 2.72. The van der Waals surface area contributed by atoms with Gasteiger partial charge in [0.15, 0.2) is 4.34 Å². The van der Waals surface area contributed by atoms with Gasteiger partial charge in [-0.1, -0.05) is 11.8 Å². The van der Waals surface area contributed by atoms with Crippen LogP contribution in [-0.2, 0) is 0 Å². The normalized spacial score (nSPS) is 12.0. The summed E-state index contributed by atoms with van der Waals surface area (Å²) >= 11 is 3.29. The van der Waals surface area contributed by atoms with E-state index in [1.165, 1.54) is 18.0 Å². The first-order valence-electron chi connectivity index (χ1n) is 5.15. The Balaban J connectivity index is 2.07. The summed E-state index contributed by atoms with van der Waals surface area (Å²) in [5.41, 5.74) is 0.226. The van der Waals surface area contributed by atoms with Gasteiger partial charge >= 0.3 is 0 Å². The molecule has 1 N–H and O–H groups in total. The molecule has 3 nitrogen and oxygen atoms in total. The Hall–Kier alpha value is -0.130. The molecule has 0 aliphatic rings. The van der Waals surface area contributed by atoms with Crippen molar-refractivity contribution in [1.82, 2.24) is 14.7 Å². The molecule has 1 aromatic heterocycles. The summed E-state index contributed by atoms with van der Waals surface area (Å²) in [6, 6.07) is 0. The van der Waals surface area contributed by atoms with Gasteiger partial charge in [0.1, 0.15) is 5.82 Å². The van der Waals surface area contributed by atoms with Crippen LogP contribution in [-0.4, -0.2) is 27.2 Å². The molecular weight excluding hydrogens is 226 g/mol. The Morgan fingerprint density at radius 2 is 2.13 bits per heavy atom. The molecule has 0 aliphatic carbocycles. The van der Waals surface area contributed by atoms with E-state index in [-0.39, 0.29) is 5.54 Å². The van der Waals surface area contributed by atoms with Crippen LogP contribution in [0.2, 0.25) is 0 Å². The summed E-state index contributed by atoms with van der Waals surface area (Å²) in [5.74, 6) is 1.99. The third-order valence-corrected chi connectivity index (χ3v) is 3.72. The van der Waals surface area contributed by atoms with E-state index in [9.17, 15) is 0 Å². The van der Waals surface area contributed by atoms with Crippen molar-refractivity contribution in [2.24, 2.45) is 0 Å². The molecule has 0 amide bonds. The van der Waals surface area contributed by atoms with Crippen molar-refractivity contribution < 1.29 is 0 Å². The summed E-state index contributed by atoms with van der Waals surface area (Å²) < 4.78 is 5.24. The highest BCUT2D eigenvalue weighted by molar-refractivity contribution is 8.00. The number of hydrogen-bond donors (Lipinski definition) is 1. The Kier molecular flexibility index (Phi) is 5.02. The van der Waals surface area contributed by atoms with Crippen LogP contribution >= 0.6 is 23.3 Å². The van der Waals surface area contributed by atoms with Gasteiger partial charge in [-0.3, -0.25) is 0 Å². The molecule has 0 aliphatic heterocycles. The van der Waals surface area contributed by atoms with E-state index < -0.39 is 0 Å². The van der Waals surface area contributed by atoms with Crippen LogP contribution in [0.1, 0.15) is 33.0 Å². The lowest BCUT2D eigenvalue weighted by Gasteiger charge is -2.20. The lowest BCUT2D eigenvalue weighted by molar-refractivity contribution is 0.427. The van der Waals surface area contributed by atoms with Gasteiger partial charge in [0, 0.05) is 11.3 Å². The first-order valence-corrected chi connectivity index (χ1v) is 6.91. The van der Waals surface area contributed by atoms with E-state index >= 15 is 0 Å². The smallest absolute Gasteiger partial charge is 0.170 e. The number of aromatic nitrogens is 2. The van der Waals surface area contributed by atoms with Gasteiger partial charge in [0.05, 0.1) is 0 Å². The van der Waals surface area contributed by atoms with E-state index in [0.717, 1.165) is 22.5 Å². The molecule has 5 heteroatoms. The van der Waals surface area contributed by atoms with Crippen molar-refractivity contribution in [3.05, 3.63) is 5.82 Å². The maximum atomic E-state index is 4.31. The van der Waals surface area contributed by atoms with Gasteiger partial charge in [-0.05, 0) is 52.2 Å². The van der Waals surface area contributed by atoms with Gasteiger partial charge < -0.3 is 5.32 Å². The molecule has 0 fully saturated rings. The van der Waals surface area contributed by atoms with E-state index in [0.29, 0.717) is 0 Å². The highest BCUT2D eigenvalue weighted by Crippen LogP contribution is 2.20. The maximum absolute atomic E-state index is 4.31. The van der Waals surface area contributed by atoms with Crippen LogP contribution in [0.15, 0.2) is 4.34 Å². The van der Waals surface area contributed by atoms with Gasteiger partial charge in [0.2, 0.25) is 0 Å². The zero-order valence-electron chi connectivity index (χ0n) is 9.83. The molecule has 0 radical (unpaired) electrons. The second-order valence-corrected chi connectivity index (χ2v) is 6.58. The summed E-state index contributed by atoms with van der Waals surface area (Å²) in [6.45, 7) is 9.56. The Morgan fingerprint density at radius 3 is 2.67 bits per heavy atom. The number of hydrogen-bond acceptors (Lipinski definition) is 5. The molecule has 0 saturated heterocycles. The first kappa shape index (κ1) is 12.9. The molecule has 86 valence electrons. The average Bonchev–Trinajstić information content (AvgIpc) is 2.49. The van der Waals surface area contributed by atoms with Crippen molar-refractivity contribution in [2.45, 2.75) is 44.0 Å². The van der Waals surface area contributed by atoms with Crippen LogP contribution < -0.4 is 5.32 Å². The zero-order valence-corrected chi connectivity index (χ0v) is 11.5. The molecule has 0 aromatic carbocycles. The van der Waals surface area contributed by atoms with E-state index in [2.05, 4.69) is 35.4 Å². The minimum Gasteiger partial charge on any atom is -0.312 e. The summed E-state index contributed by atoms with van der Waals surface area (Å²) in [7, 11) is 0. The van der Waals surface area contributed by atoms with Crippen molar-refractivity contribution in [3.8, 4) is 0 Å². The number of nitrogens with one attached hydrogen (secondary N) is 1. The second kappa shape index (κ2) is 5.82. The lowest BCUT2D eigenvalue weighted by atomic mass is 10.1. The number of nitrogens with zero attached hydrogens (tertiary/aromatic N) is 2. The largest absolute Gasteiger partial charge is 0.312 e. The Bertz CT molecular complexity index is 291. The van der Waals surface area contributed by atoms with Gasteiger partial charge in [-0.2, -0.15) is 4.37 Å². The van der Waals surface area contributed by atoms with E-state index in [1.54, 1.807) is 11.8 Å². The topological polar surface area (TPSA) is 37.8 Å². The lowest BCUT2D eigenvalue weighted by Crippen LogP contribution is -2.36. The third-order valence-electron chi connectivity index (χ3n) is 1.71. The van der Waals surface area contributed by atoms with Gasteiger partial charge in [-0.25, -0.2) is 4.98 Å². The third kappa shape index (κ3) is 6.12. The van der Waals surface area contributed by atoms with Gasteiger partial charge in [0.25, 0.3) is 0 Å². The second-order valence-electron chi connectivity index (χ2n) is 4.49. The highest BCUT2D eigenvalue weighted by atomic mass is 32.2. The van der Waals surface area contributed by atoms with E-state index in [4.69, 9.17) is 0 Å². The van der Waals surface area contributed by atoms with Crippen LogP contribution in [0.5, 0.6) is 0 Å². The quantitative estimate of drug-likeness (QED) is 0.639. The molecule has 0 atom stereocenters. The van der Waals surface area contributed by atoms with Crippen molar-refractivity contribution in [1.29, 1.82) is 0 Å². The van der Waals surface area contributed by atoms with Crippen molar-refractivity contribution in [2.75, 3.05) is 12.3 Å². The van der Waals surface area contributed by atoms with Crippen molar-refractivity contribution >= 4 is 23.3 Å². The van der Waals surface area contributed by atoms with Crippen LogP contribution in [0, 0.1) is 6.92 Å². The zero-order chi connectivity index (χ0) is 11.3. The van der Waals surface area contributed by atoms with Crippen LogP contribution in [0.25, 0.3) is 0 Å². The minimum atomic E-state index is 0.226. The molecule has 1 heterocycles. The molecule has 0 saturated carbocycles. The minimum absolute atomic E-state index is 0.226. The number of rotatable bonds is 5. The maximum Gasteiger partial charge on any atom is 0.170 e. The SMILES string of the molecule is Cc1nsc(SCCCNC(C)(C)C)n1. The predicted molar refractivity (Wildman–Crippen MR) is 67.7 cm³/mol. The molecule has 0 unspecified atom stereocenters. The summed E-state index contributed by atoms with van der Waals surface area (Å²) in [6.07, 6.45) is 1.17.